The predicted octanol–water partition coefficient (Wildman–Crippen LogP) is 3.43. The van der Waals surface area contributed by atoms with E-state index in [1.165, 1.54) is 0 Å². The molecule has 4 nitrogen and oxygen atoms in total. The van der Waals surface area contributed by atoms with E-state index in [4.69, 9.17) is 28.9 Å². The first-order valence-electron chi connectivity index (χ1n) is 6.23. The lowest BCUT2D eigenvalue weighted by Gasteiger charge is -2.01. The number of hydrogen-bond acceptors (Lipinski definition) is 2. The highest BCUT2D eigenvalue weighted by Crippen LogP contribution is 2.19. The van der Waals surface area contributed by atoms with E-state index >= 15 is 0 Å². The van der Waals surface area contributed by atoms with Crippen LogP contribution in [0, 0.1) is 0 Å². The number of aliphatic imine (C=N–C) groups is 1. The fourth-order valence-electron chi connectivity index (χ4n) is 1.57. The summed E-state index contributed by atoms with van der Waals surface area (Å²) in [5, 5.41) is 5.08. The molecule has 0 aliphatic rings. The number of hydrogen-bond donors (Lipinski definition) is 2. The van der Waals surface area contributed by atoms with E-state index in [2.05, 4.69) is 15.5 Å². The molecule has 2 aromatic carbocycles. The molecule has 0 saturated carbocycles. The van der Waals surface area contributed by atoms with Gasteiger partial charge in [0.2, 0.25) is 5.96 Å². The average molecular weight is 321 g/mol. The van der Waals surface area contributed by atoms with Crippen molar-refractivity contribution < 1.29 is 0 Å². The number of benzene rings is 2. The Labute approximate surface area is 133 Å². The van der Waals surface area contributed by atoms with Crippen LogP contribution in [-0.4, -0.2) is 12.2 Å². The van der Waals surface area contributed by atoms with Crippen molar-refractivity contribution in [3.05, 3.63) is 69.7 Å². The summed E-state index contributed by atoms with van der Waals surface area (Å²) in [5.74, 6) is 0.236. The third kappa shape index (κ3) is 5.10. The van der Waals surface area contributed by atoms with Crippen LogP contribution in [0.5, 0.6) is 0 Å². The lowest BCUT2D eigenvalue weighted by Crippen LogP contribution is -2.27. The molecule has 0 heterocycles. The van der Waals surface area contributed by atoms with Crippen molar-refractivity contribution in [1.29, 1.82) is 0 Å². The van der Waals surface area contributed by atoms with Crippen LogP contribution < -0.4 is 11.2 Å². The maximum atomic E-state index is 6.02. The molecule has 0 atom stereocenters. The van der Waals surface area contributed by atoms with E-state index in [1.54, 1.807) is 24.4 Å². The van der Waals surface area contributed by atoms with E-state index in [0.29, 0.717) is 16.6 Å². The molecule has 0 amide bonds. The summed E-state index contributed by atoms with van der Waals surface area (Å²) in [6.45, 7) is 0.497. The standard InChI is InChI=1S/C15H14Cl2N4/c16-13-7-6-12(14(17)8-13)10-20-21-15(18)19-9-11-4-2-1-3-5-11/h1-8,10H,9H2,(H3,18,19,21). The molecule has 0 aliphatic carbocycles. The van der Waals surface area contributed by atoms with E-state index in [0.717, 1.165) is 11.1 Å². The zero-order valence-corrected chi connectivity index (χ0v) is 12.6. The molecular formula is C15H14Cl2N4. The summed E-state index contributed by atoms with van der Waals surface area (Å²) >= 11 is 11.8. The maximum absolute atomic E-state index is 6.02. The first-order chi connectivity index (χ1) is 10.1. The molecule has 0 fully saturated rings. The fourth-order valence-corrected chi connectivity index (χ4v) is 2.03. The molecule has 2 rings (SSSR count). The number of guanidine groups is 1. The van der Waals surface area contributed by atoms with Crippen molar-refractivity contribution in [2.24, 2.45) is 15.8 Å². The molecular weight excluding hydrogens is 307 g/mol. The van der Waals surface area contributed by atoms with Crippen LogP contribution in [0.4, 0.5) is 0 Å². The molecule has 0 aliphatic heterocycles. The first-order valence-corrected chi connectivity index (χ1v) is 6.99. The van der Waals surface area contributed by atoms with Gasteiger partial charge in [0, 0.05) is 10.6 Å². The first kappa shape index (κ1) is 15.4. The summed E-state index contributed by atoms with van der Waals surface area (Å²) < 4.78 is 0. The van der Waals surface area contributed by atoms with Gasteiger partial charge in [-0.25, -0.2) is 10.4 Å². The van der Waals surface area contributed by atoms with Gasteiger partial charge in [0.1, 0.15) is 0 Å². The Kier molecular flexibility index (Phi) is 5.60. The van der Waals surface area contributed by atoms with Crippen molar-refractivity contribution in [2.75, 3.05) is 0 Å². The monoisotopic (exact) mass is 320 g/mol. The molecule has 0 radical (unpaired) electrons. The number of nitrogens with two attached hydrogens (primary N) is 1. The van der Waals surface area contributed by atoms with Gasteiger partial charge in [0.25, 0.3) is 0 Å². The van der Waals surface area contributed by atoms with Crippen molar-refractivity contribution in [3.8, 4) is 0 Å². The van der Waals surface area contributed by atoms with Crippen LogP contribution >= 0.6 is 23.2 Å². The quantitative estimate of drug-likeness (QED) is 0.515. The second-order valence-corrected chi connectivity index (χ2v) is 5.07. The van der Waals surface area contributed by atoms with Crippen molar-refractivity contribution in [1.82, 2.24) is 5.43 Å². The van der Waals surface area contributed by atoms with E-state index in [-0.39, 0.29) is 5.96 Å². The molecule has 0 unspecified atom stereocenters. The lowest BCUT2D eigenvalue weighted by atomic mass is 10.2. The number of nitrogens with zero attached hydrogens (tertiary/aromatic N) is 2. The Bertz CT molecular complexity index is 654. The Balaban J connectivity index is 1.91. The van der Waals surface area contributed by atoms with Gasteiger partial charge in [-0.1, -0.05) is 59.6 Å². The molecule has 0 bridgehead atoms. The molecule has 0 saturated heterocycles. The summed E-state index contributed by atoms with van der Waals surface area (Å²) in [5.41, 5.74) is 10.2. The SMILES string of the molecule is NC(=NCc1ccccc1)NN=Cc1ccc(Cl)cc1Cl. The highest BCUT2D eigenvalue weighted by atomic mass is 35.5. The molecule has 21 heavy (non-hydrogen) atoms. The molecule has 2 aromatic rings. The zero-order valence-electron chi connectivity index (χ0n) is 11.1. The van der Waals surface area contributed by atoms with Crippen LogP contribution in [-0.2, 0) is 6.54 Å². The van der Waals surface area contributed by atoms with Crippen molar-refractivity contribution >= 4 is 35.4 Å². The Hall–Kier alpha value is -2.04. The molecule has 6 heteroatoms. The number of hydrazone groups is 1. The van der Waals surface area contributed by atoms with Gasteiger partial charge in [0.15, 0.2) is 0 Å². The van der Waals surface area contributed by atoms with E-state index < -0.39 is 0 Å². The minimum absolute atomic E-state index is 0.236. The largest absolute Gasteiger partial charge is 0.369 e. The summed E-state index contributed by atoms with van der Waals surface area (Å²) in [6.07, 6.45) is 1.56. The number of nitrogens with one attached hydrogen (secondary N) is 1. The lowest BCUT2D eigenvalue weighted by molar-refractivity contribution is 0.963. The minimum atomic E-state index is 0.236. The summed E-state index contributed by atoms with van der Waals surface area (Å²) in [4.78, 5) is 4.18. The molecule has 0 aromatic heterocycles. The van der Waals surface area contributed by atoms with E-state index in [1.807, 2.05) is 30.3 Å². The highest BCUT2D eigenvalue weighted by Gasteiger charge is 1.98. The van der Waals surface area contributed by atoms with Crippen molar-refractivity contribution in [2.45, 2.75) is 6.54 Å². The second kappa shape index (κ2) is 7.67. The molecule has 108 valence electrons. The predicted molar refractivity (Wildman–Crippen MR) is 89.0 cm³/mol. The van der Waals surface area contributed by atoms with Gasteiger partial charge < -0.3 is 5.73 Å². The fraction of sp³-hybridized carbons (Fsp3) is 0.0667. The third-order valence-electron chi connectivity index (χ3n) is 2.62. The zero-order chi connectivity index (χ0) is 15.1. The summed E-state index contributed by atoms with van der Waals surface area (Å²) in [7, 11) is 0. The van der Waals surface area contributed by atoms with Crippen LogP contribution in [0.3, 0.4) is 0 Å². The summed E-state index contributed by atoms with van der Waals surface area (Å²) in [6, 6.07) is 15.0. The Morgan fingerprint density at radius 1 is 1.14 bits per heavy atom. The van der Waals surface area contributed by atoms with Gasteiger partial charge in [-0.05, 0) is 17.7 Å². The van der Waals surface area contributed by atoms with Crippen LogP contribution in [0.1, 0.15) is 11.1 Å². The van der Waals surface area contributed by atoms with Gasteiger partial charge in [-0.2, -0.15) is 5.10 Å². The number of halogens is 2. The normalized spacial score (nSPS) is 11.8. The maximum Gasteiger partial charge on any atom is 0.209 e. The van der Waals surface area contributed by atoms with Crippen LogP contribution in [0.2, 0.25) is 10.0 Å². The topological polar surface area (TPSA) is 62.8 Å². The van der Waals surface area contributed by atoms with Crippen LogP contribution in [0.15, 0.2) is 58.6 Å². The smallest absolute Gasteiger partial charge is 0.209 e. The van der Waals surface area contributed by atoms with Gasteiger partial charge in [-0.15, -0.1) is 0 Å². The van der Waals surface area contributed by atoms with Gasteiger partial charge in [0.05, 0.1) is 17.8 Å². The van der Waals surface area contributed by atoms with Crippen molar-refractivity contribution in [3.63, 3.8) is 0 Å². The molecule has 3 N–H and O–H groups in total. The third-order valence-corrected chi connectivity index (χ3v) is 3.18. The van der Waals surface area contributed by atoms with Gasteiger partial charge in [-0.3, -0.25) is 0 Å². The molecule has 0 spiro atoms. The van der Waals surface area contributed by atoms with Gasteiger partial charge >= 0.3 is 0 Å². The number of rotatable bonds is 4. The highest BCUT2D eigenvalue weighted by molar-refractivity contribution is 6.36. The second-order valence-electron chi connectivity index (χ2n) is 4.22. The van der Waals surface area contributed by atoms with Crippen LogP contribution in [0.25, 0.3) is 0 Å². The minimum Gasteiger partial charge on any atom is -0.369 e. The van der Waals surface area contributed by atoms with E-state index in [9.17, 15) is 0 Å². The average Bonchev–Trinajstić information content (AvgIpc) is 2.48. The Morgan fingerprint density at radius 3 is 2.62 bits per heavy atom. The Morgan fingerprint density at radius 2 is 1.90 bits per heavy atom.